The van der Waals surface area contributed by atoms with E-state index in [0.29, 0.717) is 17.9 Å². The van der Waals surface area contributed by atoms with Crippen molar-refractivity contribution < 1.29 is 15.0 Å². The fourth-order valence-corrected chi connectivity index (χ4v) is 2.06. The van der Waals surface area contributed by atoms with Gasteiger partial charge >= 0.3 is 5.97 Å². The van der Waals surface area contributed by atoms with Crippen molar-refractivity contribution in [1.82, 2.24) is 9.97 Å². The summed E-state index contributed by atoms with van der Waals surface area (Å²) in [6.45, 7) is 2.84. The molecule has 1 unspecified atom stereocenters. The summed E-state index contributed by atoms with van der Waals surface area (Å²) in [7, 11) is 0. The van der Waals surface area contributed by atoms with Crippen LogP contribution in [-0.2, 0) is 0 Å². The Morgan fingerprint density at radius 3 is 2.81 bits per heavy atom. The van der Waals surface area contributed by atoms with Gasteiger partial charge in [-0.25, -0.2) is 14.8 Å². The summed E-state index contributed by atoms with van der Waals surface area (Å²) in [5, 5.41) is 22.0. The molecule has 21 heavy (non-hydrogen) atoms. The summed E-state index contributed by atoms with van der Waals surface area (Å²) >= 11 is 0. The first kappa shape index (κ1) is 15.2. The van der Waals surface area contributed by atoms with Gasteiger partial charge in [0.15, 0.2) is 0 Å². The van der Waals surface area contributed by atoms with Gasteiger partial charge in [0, 0.05) is 18.5 Å². The van der Waals surface area contributed by atoms with Crippen LogP contribution in [0.25, 0.3) is 10.9 Å². The first-order valence-corrected chi connectivity index (χ1v) is 6.96. The van der Waals surface area contributed by atoms with Crippen molar-refractivity contribution in [3.63, 3.8) is 0 Å². The third-order valence-electron chi connectivity index (χ3n) is 3.27. The molecule has 0 spiro atoms. The largest absolute Gasteiger partial charge is 0.475 e. The molecule has 3 N–H and O–H groups in total. The Kier molecular flexibility index (Phi) is 5.05. The number of aliphatic hydroxyl groups is 1. The van der Waals surface area contributed by atoms with Crippen LogP contribution in [0.1, 0.15) is 30.4 Å². The van der Waals surface area contributed by atoms with Crippen molar-refractivity contribution in [2.24, 2.45) is 5.92 Å². The third-order valence-corrected chi connectivity index (χ3v) is 3.27. The quantitative estimate of drug-likeness (QED) is 0.676. The average Bonchev–Trinajstić information content (AvgIpc) is 2.50. The molecule has 112 valence electrons. The molecule has 0 amide bonds. The molecule has 2 rings (SSSR count). The molecule has 0 aliphatic heterocycles. The number of rotatable bonds is 7. The van der Waals surface area contributed by atoms with Crippen molar-refractivity contribution in [3.05, 3.63) is 30.1 Å². The summed E-state index contributed by atoms with van der Waals surface area (Å²) in [5.74, 6) is -0.546. The average molecular weight is 289 g/mol. The lowest BCUT2D eigenvalue weighted by Gasteiger charge is -2.11. The molecule has 1 atom stereocenters. The summed E-state index contributed by atoms with van der Waals surface area (Å²) in [5.41, 5.74) is 0.608. The minimum atomic E-state index is -1.14. The molecule has 0 saturated carbocycles. The van der Waals surface area contributed by atoms with E-state index in [4.69, 9.17) is 10.2 Å². The second-order valence-electron chi connectivity index (χ2n) is 5.07. The number of aromatic carboxylic acids is 1. The summed E-state index contributed by atoms with van der Waals surface area (Å²) < 4.78 is 0. The lowest BCUT2D eigenvalue weighted by Crippen LogP contribution is -2.11. The van der Waals surface area contributed by atoms with Crippen LogP contribution in [0, 0.1) is 5.92 Å². The van der Waals surface area contributed by atoms with Gasteiger partial charge in [0.2, 0.25) is 5.82 Å². The van der Waals surface area contributed by atoms with Crippen LogP contribution in [0.5, 0.6) is 0 Å². The molecule has 1 heterocycles. The fraction of sp³-hybridized carbons (Fsp3) is 0.400. The van der Waals surface area contributed by atoms with Crippen molar-refractivity contribution in [2.45, 2.75) is 19.8 Å². The van der Waals surface area contributed by atoms with E-state index in [1.165, 1.54) is 0 Å². The van der Waals surface area contributed by atoms with Gasteiger partial charge in [-0.1, -0.05) is 19.1 Å². The molecule has 0 radical (unpaired) electrons. The zero-order valence-corrected chi connectivity index (χ0v) is 11.9. The maximum absolute atomic E-state index is 11.1. The summed E-state index contributed by atoms with van der Waals surface area (Å²) in [6.07, 6.45) is 1.78. The number of para-hydroxylation sites is 1. The van der Waals surface area contributed by atoms with Crippen LogP contribution in [0.15, 0.2) is 24.3 Å². The maximum atomic E-state index is 11.1. The number of aliphatic hydroxyl groups excluding tert-OH is 1. The predicted octanol–water partition coefficient (Wildman–Crippen LogP) is 2.15. The highest BCUT2D eigenvalue weighted by molar-refractivity contribution is 5.93. The number of carboxylic acid groups (broad SMARTS) is 1. The fourth-order valence-electron chi connectivity index (χ4n) is 2.06. The highest BCUT2D eigenvalue weighted by atomic mass is 16.4. The maximum Gasteiger partial charge on any atom is 0.374 e. The van der Waals surface area contributed by atoms with Crippen LogP contribution >= 0.6 is 0 Å². The van der Waals surface area contributed by atoms with Crippen molar-refractivity contribution in [1.29, 1.82) is 0 Å². The van der Waals surface area contributed by atoms with Gasteiger partial charge < -0.3 is 15.5 Å². The highest BCUT2D eigenvalue weighted by Crippen LogP contribution is 2.20. The lowest BCUT2D eigenvalue weighted by molar-refractivity contribution is 0.0684. The summed E-state index contributed by atoms with van der Waals surface area (Å²) in [6, 6.07) is 7.31. The Labute approximate surface area is 122 Å². The predicted molar refractivity (Wildman–Crippen MR) is 80.5 cm³/mol. The monoisotopic (exact) mass is 289 g/mol. The van der Waals surface area contributed by atoms with E-state index in [2.05, 4.69) is 15.3 Å². The first-order chi connectivity index (χ1) is 10.1. The molecule has 2 aromatic rings. The topological polar surface area (TPSA) is 95.3 Å². The molecule has 1 aromatic carbocycles. The number of benzene rings is 1. The van der Waals surface area contributed by atoms with Crippen molar-refractivity contribution >= 4 is 22.7 Å². The lowest BCUT2D eigenvalue weighted by atomic mass is 10.1. The molecule has 0 bridgehead atoms. The second kappa shape index (κ2) is 6.99. The van der Waals surface area contributed by atoms with Crippen LogP contribution in [0.4, 0.5) is 5.82 Å². The normalized spacial score (nSPS) is 12.3. The number of carbonyl (C=O) groups is 1. The van der Waals surface area contributed by atoms with Crippen LogP contribution < -0.4 is 5.32 Å². The Balaban J connectivity index is 2.15. The van der Waals surface area contributed by atoms with Crippen molar-refractivity contribution in [3.8, 4) is 0 Å². The minimum Gasteiger partial charge on any atom is -0.475 e. The summed E-state index contributed by atoms with van der Waals surface area (Å²) in [4.78, 5) is 19.2. The van der Waals surface area contributed by atoms with Crippen molar-refractivity contribution in [2.75, 3.05) is 18.5 Å². The van der Waals surface area contributed by atoms with Gasteiger partial charge in [0.25, 0.3) is 0 Å². The second-order valence-corrected chi connectivity index (χ2v) is 5.07. The number of fused-ring (bicyclic) bond motifs is 1. The number of nitrogens with zero attached hydrogens (tertiary/aromatic N) is 2. The van der Waals surface area contributed by atoms with Gasteiger partial charge in [-0.3, -0.25) is 0 Å². The van der Waals surface area contributed by atoms with E-state index >= 15 is 0 Å². The highest BCUT2D eigenvalue weighted by Gasteiger charge is 2.12. The zero-order valence-electron chi connectivity index (χ0n) is 11.9. The Morgan fingerprint density at radius 1 is 1.33 bits per heavy atom. The number of aromatic nitrogens is 2. The molecule has 6 heteroatoms. The zero-order chi connectivity index (χ0) is 15.2. The van der Waals surface area contributed by atoms with Crippen LogP contribution in [0.2, 0.25) is 0 Å². The standard InChI is InChI=1S/C15H19N3O3/c1-10(9-19)5-4-8-16-13-11-6-2-3-7-12(11)17-14(18-13)15(20)21/h2-3,6-7,10,19H,4-5,8-9H2,1H3,(H,20,21)(H,16,17,18). The molecule has 0 saturated heterocycles. The number of hydrogen-bond acceptors (Lipinski definition) is 5. The van der Waals surface area contributed by atoms with E-state index < -0.39 is 5.97 Å². The first-order valence-electron chi connectivity index (χ1n) is 6.96. The van der Waals surface area contributed by atoms with Gasteiger partial charge in [-0.15, -0.1) is 0 Å². The molecule has 0 aliphatic rings. The Bertz CT molecular complexity index is 631. The number of nitrogens with one attached hydrogen (secondary N) is 1. The van der Waals surface area contributed by atoms with E-state index in [1.807, 2.05) is 25.1 Å². The molecule has 0 aliphatic carbocycles. The van der Waals surface area contributed by atoms with E-state index in [9.17, 15) is 4.79 Å². The Hall–Kier alpha value is -2.21. The van der Waals surface area contributed by atoms with E-state index in [-0.39, 0.29) is 18.3 Å². The minimum absolute atomic E-state index is 0.180. The van der Waals surface area contributed by atoms with Gasteiger partial charge in [-0.05, 0) is 30.9 Å². The SMILES string of the molecule is CC(CO)CCCNc1nc(C(=O)O)nc2ccccc12. The van der Waals surface area contributed by atoms with Crippen LogP contribution in [-0.4, -0.2) is 39.3 Å². The van der Waals surface area contributed by atoms with Gasteiger partial charge in [0.1, 0.15) is 5.82 Å². The van der Waals surface area contributed by atoms with E-state index in [1.54, 1.807) is 6.07 Å². The van der Waals surface area contributed by atoms with Crippen LogP contribution in [0.3, 0.4) is 0 Å². The number of hydrogen-bond donors (Lipinski definition) is 3. The Morgan fingerprint density at radius 2 is 2.10 bits per heavy atom. The molecule has 1 aromatic heterocycles. The van der Waals surface area contributed by atoms with Gasteiger partial charge in [-0.2, -0.15) is 0 Å². The van der Waals surface area contributed by atoms with E-state index in [0.717, 1.165) is 18.2 Å². The molecule has 0 fully saturated rings. The number of anilines is 1. The molecular formula is C15H19N3O3. The number of carboxylic acids is 1. The molecular weight excluding hydrogens is 270 g/mol. The molecule has 6 nitrogen and oxygen atoms in total. The van der Waals surface area contributed by atoms with Gasteiger partial charge in [0.05, 0.1) is 5.52 Å². The third kappa shape index (κ3) is 3.88. The smallest absolute Gasteiger partial charge is 0.374 e.